The average molecular weight is 684 g/mol. The SMILES string of the molecule is C[C@H](NC(=O)Cc1cccc([N+](=O)[O-])c1)C(=O)O.C[C@H](NC(=O)Cc1ccccc1[N+](=O)[O-])C(=O)Oc1cc(Cl)c(Cl)cc1Cl. The Kier molecular flexibility index (Phi) is 13.7. The summed E-state index contributed by atoms with van der Waals surface area (Å²) in [6.07, 6.45) is -0.360. The van der Waals surface area contributed by atoms with Crippen LogP contribution in [0.5, 0.6) is 5.75 Å². The average Bonchev–Trinajstić information content (AvgIpc) is 2.96. The van der Waals surface area contributed by atoms with Crippen LogP contribution in [0.15, 0.2) is 60.7 Å². The van der Waals surface area contributed by atoms with Gasteiger partial charge in [-0.15, -0.1) is 0 Å². The Morgan fingerprint density at radius 2 is 1.40 bits per heavy atom. The summed E-state index contributed by atoms with van der Waals surface area (Å²) < 4.78 is 5.12. The predicted molar refractivity (Wildman–Crippen MR) is 164 cm³/mol. The van der Waals surface area contributed by atoms with E-state index in [4.69, 9.17) is 44.6 Å². The van der Waals surface area contributed by atoms with Gasteiger partial charge in [-0.2, -0.15) is 0 Å². The van der Waals surface area contributed by atoms with Crippen LogP contribution < -0.4 is 15.4 Å². The number of benzene rings is 3. The molecule has 0 saturated heterocycles. The smallest absolute Gasteiger partial charge is 0.333 e. The molecule has 0 heterocycles. The lowest BCUT2D eigenvalue weighted by Gasteiger charge is -2.14. The molecule has 0 bridgehead atoms. The topological polar surface area (TPSA) is 208 Å². The number of hydrogen-bond acceptors (Lipinski definition) is 9. The molecule has 45 heavy (non-hydrogen) atoms. The van der Waals surface area contributed by atoms with Crippen LogP contribution >= 0.6 is 34.8 Å². The first-order valence-corrected chi connectivity index (χ1v) is 13.9. The van der Waals surface area contributed by atoms with Crippen LogP contribution in [0.4, 0.5) is 11.4 Å². The van der Waals surface area contributed by atoms with Crippen molar-refractivity contribution in [3.05, 3.63) is 107 Å². The minimum absolute atomic E-state index is 0.00383. The highest BCUT2D eigenvalue weighted by molar-refractivity contribution is 6.43. The van der Waals surface area contributed by atoms with Gasteiger partial charge in [-0.1, -0.05) is 65.1 Å². The minimum Gasteiger partial charge on any atom is -0.480 e. The standard InChI is InChI=1S/C17H13Cl3N2O5.C11H12N2O5/c1-9(17(24)27-15-8-12(19)11(18)7-13(15)20)21-16(23)6-10-4-2-3-5-14(10)22(25)26;1-7(11(15)16)12-10(14)6-8-3-2-4-9(5-8)13(17)18/h2-5,7-9H,6H2,1H3,(H,21,23);2-5,7H,6H2,1H3,(H,12,14)(H,15,16)/t9-;7-/m00/s1. The molecular formula is C28H25Cl3N4O10. The zero-order valence-corrected chi connectivity index (χ0v) is 25.8. The van der Waals surface area contributed by atoms with Crippen LogP contribution in [-0.2, 0) is 32.0 Å². The molecule has 3 aromatic rings. The molecule has 0 unspecified atom stereocenters. The predicted octanol–water partition coefficient (Wildman–Crippen LogP) is 4.93. The molecule has 3 rings (SSSR count). The van der Waals surface area contributed by atoms with E-state index in [-0.39, 0.29) is 50.6 Å². The van der Waals surface area contributed by atoms with Gasteiger partial charge < -0.3 is 20.5 Å². The van der Waals surface area contributed by atoms with Crippen molar-refractivity contribution < 1.29 is 38.9 Å². The number of carboxylic acids is 1. The Morgan fingerprint density at radius 3 is 2.02 bits per heavy atom. The van der Waals surface area contributed by atoms with Gasteiger partial charge in [0.2, 0.25) is 11.8 Å². The maximum absolute atomic E-state index is 12.1. The Labute approximate surface area is 270 Å². The molecule has 3 N–H and O–H groups in total. The van der Waals surface area contributed by atoms with E-state index in [1.807, 2.05) is 0 Å². The number of non-ortho nitro benzene ring substituents is 1. The number of rotatable bonds is 11. The number of halogens is 3. The van der Waals surface area contributed by atoms with Crippen molar-refractivity contribution in [1.29, 1.82) is 0 Å². The second-order valence-corrected chi connectivity index (χ2v) is 10.4. The molecule has 0 aromatic heterocycles. The molecular weight excluding hydrogens is 659 g/mol. The fourth-order valence-electron chi connectivity index (χ4n) is 3.46. The maximum Gasteiger partial charge on any atom is 0.333 e. The third-order valence-corrected chi connectivity index (χ3v) is 6.71. The first-order chi connectivity index (χ1) is 21.1. The second kappa shape index (κ2) is 16.9. The summed E-state index contributed by atoms with van der Waals surface area (Å²) in [6, 6.07) is 12.1. The van der Waals surface area contributed by atoms with Gasteiger partial charge in [-0.25, -0.2) is 4.79 Å². The van der Waals surface area contributed by atoms with Crippen molar-refractivity contribution in [3.8, 4) is 5.75 Å². The van der Waals surface area contributed by atoms with E-state index in [2.05, 4.69) is 10.6 Å². The van der Waals surface area contributed by atoms with Crippen LogP contribution in [0.3, 0.4) is 0 Å². The van der Waals surface area contributed by atoms with Gasteiger partial charge in [0.15, 0.2) is 5.75 Å². The van der Waals surface area contributed by atoms with E-state index in [1.165, 1.54) is 62.4 Å². The van der Waals surface area contributed by atoms with Crippen LogP contribution in [0, 0.1) is 20.2 Å². The van der Waals surface area contributed by atoms with Crippen LogP contribution in [0.2, 0.25) is 15.1 Å². The van der Waals surface area contributed by atoms with E-state index in [0.29, 0.717) is 5.56 Å². The summed E-state index contributed by atoms with van der Waals surface area (Å²) in [5.41, 5.74) is 0.407. The summed E-state index contributed by atoms with van der Waals surface area (Å²) in [5.74, 6) is -3.00. The van der Waals surface area contributed by atoms with Crippen molar-refractivity contribution in [3.63, 3.8) is 0 Å². The zero-order valence-electron chi connectivity index (χ0n) is 23.5. The number of esters is 1. The Bertz CT molecular complexity index is 1620. The van der Waals surface area contributed by atoms with Gasteiger partial charge in [0, 0.05) is 29.8 Å². The fourth-order valence-corrected chi connectivity index (χ4v) is 4.04. The molecule has 0 fully saturated rings. The number of nitro benzene ring substituents is 2. The molecule has 14 nitrogen and oxygen atoms in total. The number of carbonyl (C=O) groups excluding carboxylic acids is 3. The zero-order chi connectivity index (χ0) is 33.8. The van der Waals surface area contributed by atoms with Gasteiger partial charge in [-0.3, -0.25) is 34.6 Å². The number of aliphatic carboxylic acids is 1. The van der Waals surface area contributed by atoms with Gasteiger partial charge in [0.05, 0.1) is 37.8 Å². The van der Waals surface area contributed by atoms with E-state index >= 15 is 0 Å². The third kappa shape index (κ3) is 11.7. The van der Waals surface area contributed by atoms with Gasteiger partial charge >= 0.3 is 11.9 Å². The lowest BCUT2D eigenvalue weighted by molar-refractivity contribution is -0.385. The monoisotopic (exact) mass is 682 g/mol. The molecule has 3 aromatic carbocycles. The molecule has 0 radical (unpaired) electrons. The van der Waals surface area contributed by atoms with Gasteiger partial charge in [-0.05, 0) is 25.5 Å². The summed E-state index contributed by atoms with van der Waals surface area (Å²) in [4.78, 5) is 66.6. The molecule has 0 saturated carbocycles. The van der Waals surface area contributed by atoms with Crippen molar-refractivity contribution in [2.24, 2.45) is 0 Å². The van der Waals surface area contributed by atoms with Crippen LogP contribution in [0.25, 0.3) is 0 Å². The Hall–Kier alpha value is -4.79. The number of carboxylic acid groups (broad SMARTS) is 1. The summed E-state index contributed by atoms with van der Waals surface area (Å²) >= 11 is 17.6. The van der Waals surface area contributed by atoms with Gasteiger partial charge in [0.1, 0.15) is 12.1 Å². The normalized spacial score (nSPS) is 11.6. The molecule has 0 aliphatic carbocycles. The first kappa shape index (κ1) is 36.4. The number of nitrogens with one attached hydrogen (secondary N) is 2. The fraction of sp³-hybridized carbons (Fsp3) is 0.214. The molecule has 0 spiro atoms. The molecule has 2 atom stereocenters. The molecule has 238 valence electrons. The summed E-state index contributed by atoms with van der Waals surface area (Å²) in [6.45, 7) is 2.75. The van der Waals surface area contributed by atoms with E-state index < -0.39 is 45.7 Å². The van der Waals surface area contributed by atoms with Crippen molar-refractivity contribution in [2.45, 2.75) is 38.8 Å². The second-order valence-electron chi connectivity index (χ2n) is 9.20. The quantitative estimate of drug-likeness (QED) is 0.0816. The highest BCUT2D eigenvalue weighted by Crippen LogP contribution is 2.34. The summed E-state index contributed by atoms with van der Waals surface area (Å²) in [5, 5.41) is 35.3. The lowest BCUT2D eigenvalue weighted by Crippen LogP contribution is -2.41. The minimum atomic E-state index is -1.14. The van der Waals surface area contributed by atoms with Crippen LogP contribution in [-0.4, -0.2) is 50.8 Å². The number of amides is 2. The van der Waals surface area contributed by atoms with Crippen LogP contribution in [0.1, 0.15) is 25.0 Å². The number of ether oxygens (including phenoxy) is 1. The summed E-state index contributed by atoms with van der Waals surface area (Å²) in [7, 11) is 0. The Balaban J connectivity index is 0.000000341. The number of nitrogens with zero attached hydrogens (tertiary/aromatic N) is 2. The molecule has 17 heteroatoms. The number of carbonyl (C=O) groups is 4. The van der Waals surface area contributed by atoms with E-state index in [9.17, 15) is 39.4 Å². The largest absolute Gasteiger partial charge is 0.480 e. The van der Waals surface area contributed by atoms with Crippen molar-refractivity contribution >= 4 is 69.9 Å². The van der Waals surface area contributed by atoms with Crippen molar-refractivity contribution in [1.82, 2.24) is 10.6 Å². The first-order valence-electron chi connectivity index (χ1n) is 12.7. The number of para-hydroxylation sites is 1. The third-order valence-electron chi connectivity index (χ3n) is 5.69. The number of nitro groups is 2. The highest BCUT2D eigenvalue weighted by atomic mass is 35.5. The molecule has 0 aliphatic rings. The number of hydrogen-bond donors (Lipinski definition) is 3. The van der Waals surface area contributed by atoms with Crippen molar-refractivity contribution in [2.75, 3.05) is 0 Å². The van der Waals surface area contributed by atoms with E-state index in [1.54, 1.807) is 12.1 Å². The molecule has 0 aliphatic heterocycles. The highest BCUT2D eigenvalue weighted by Gasteiger charge is 2.22. The van der Waals surface area contributed by atoms with E-state index in [0.717, 1.165) is 0 Å². The maximum atomic E-state index is 12.1. The Morgan fingerprint density at radius 1 is 0.800 bits per heavy atom. The molecule has 2 amide bonds. The lowest BCUT2D eigenvalue weighted by atomic mass is 10.1. The van der Waals surface area contributed by atoms with Gasteiger partial charge in [0.25, 0.3) is 11.4 Å².